The van der Waals surface area contributed by atoms with Crippen LogP contribution in [0.5, 0.6) is 17.2 Å². The van der Waals surface area contributed by atoms with E-state index in [1.807, 2.05) is 11.0 Å². The van der Waals surface area contributed by atoms with Gasteiger partial charge in [0.1, 0.15) is 22.9 Å². The Hall–Kier alpha value is -3.46. The van der Waals surface area contributed by atoms with Crippen LogP contribution in [-0.2, 0) is 4.74 Å². The minimum absolute atomic E-state index is 0. The summed E-state index contributed by atoms with van der Waals surface area (Å²) >= 11 is 0. The number of phenols is 3. The number of halogens is 1. The third-order valence-corrected chi connectivity index (χ3v) is 7.86. The number of amides is 1. The van der Waals surface area contributed by atoms with Gasteiger partial charge in [0.15, 0.2) is 0 Å². The first-order chi connectivity index (χ1) is 20.2. The van der Waals surface area contributed by atoms with E-state index in [0.29, 0.717) is 48.9 Å². The van der Waals surface area contributed by atoms with Gasteiger partial charge in [-0.25, -0.2) is 0 Å². The molecule has 2 heterocycles. The lowest BCUT2D eigenvalue weighted by Crippen LogP contribution is -2.40. The van der Waals surface area contributed by atoms with E-state index >= 15 is 0 Å². The maximum absolute atomic E-state index is 14.0. The van der Waals surface area contributed by atoms with Crippen molar-refractivity contribution in [3.05, 3.63) is 70.8 Å². The van der Waals surface area contributed by atoms with Crippen molar-refractivity contribution in [1.29, 1.82) is 0 Å². The van der Waals surface area contributed by atoms with Crippen LogP contribution >= 0.6 is 12.4 Å². The molecule has 0 bridgehead atoms. The van der Waals surface area contributed by atoms with Gasteiger partial charge in [0, 0.05) is 44.9 Å². The highest BCUT2D eigenvalue weighted by atomic mass is 35.5. The minimum atomic E-state index is -0.305. The Morgan fingerprint density at radius 1 is 0.837 bits per heavy atom. The number of nitrogens with zero attached hydrogens (tertiary/aromatic N) is 3. The van der Waals surface area contributed by atoms with E-state index in [9.17, 15) is 20.1 Å². The quantitative estimate of drug-likeness (QED) is 0.234. The summed E-state index contributed by atoms with van der Waals surface area (Å²) in [5.74, 6) is -0.640. The highest BCUT2D eigenvalue weighted by Gasteiger charge is 2.35. The van der Waals surface area contributed by atoms with Crippen molar-refractivity contribution in [2.24, 2.45) is 0 Å². The Morgan fingerprint density at radius 2 is 1.51 bits per heavy atom. The molecule has 234 valence electrons. The Morgan fingerprint density at radius 3 is 2.21 bits per heavy atom. The number of allylic oxidation sites excluding steroid dienone is 5. The van der Waals surface area contributed by atoms with Gasteiger partial charge in [-0.1, -0.05) is 41.0 Å². The van der Waals surface area contributed by atoms with Crippen LogP contribution < -0.4 is 9.80 Å². The van der Waals surface area contributed by atoms with Crippen molar-refractivity contribution in [1.82, 2.24) is 4.90 Å². The van der Waals surface area contributed by atoms with E-state index < -0.39 is 0 Å². The number of benzene rings is 2. The second-order valence-corrected chi connectivity index (χ2v) is 11.5. The molecule has 43 heavy (non-hydrogen) atoms. The van der Waals surface area contributed by atoms with Crippen molar-refractivity contribution in [3.8, 4) is 17.2 Å². The van der Waals surface area contributed by atoms with Gasteiger partial charge >= 0.3 is 0 Å². The second-order valence-electron chi connectivity index (χ2n) is 11.5. The number of morpholine rings is 1. The number of hydrogen-bond acceptors (Lipinski definition) is 7. The van der Waals surface area contributed by atoms with Crippen LogP contribution in [0.15, 0.2) is 65.3 Å². The van der Waals surface area contributed by atoms with E-state index in [1.165, 1.54) is 23.3 Å². The Balaban J connectivity index is 0.00000506. The van der Waals surface area contributed by atoms with Crippen LogP contribution in [0.4, 0.5) is 17.1 Å². The molecule has 0 unspecified atom stereocenters. The first-order valence-corrected chi connectivity index (χ1v) is 14.9. The number of fused-ring (bicyclic) bond motifs is 2. The van der Waals surface area contributed by atoms with Gasteiger partial charge in [-0.15, -0.1) is 12.4 Å². The summed E-state index contributed by atoms with van der Waals surface area (Å²) in [4.78, 5) is 19.7. The minimum Gasteiger partial charge on any atom is -0.508 e. The molecule has 2 aliphatic heterocycles. The molecule has 1 saturated heterocycles. The molecular formula is C34H46ClN3O5. The fraction of sp³-hybridized carbons (Fsp3) is 0.441. The third-order valence-electron chi connectivity index (χ3n) is 7.86. The predicted octanol–water partition coefficient (Wildman–Crippen LogP) is 7.07. The maximum atomic E-state index is 14.0. The first kappa shape index (κ1) is 34.0. The molecule has 2 aromatic rings. The molecule has 8 nitrogen and oxygen atoms in total. The molecular weight excluding hydrogens is 566 g/mol. The van der Waals surface area contributed by atoms with Crippen molar-refractivity contribution in [3.63, 3.8) is 0 Å². The van der Waals surface area contributed by atoms with E-state index in [1.54, 1.807) is 23.1 Å². The van der Waals surface area contributed by atoms with Crippen LogP contribution in [0.1, 0.15) is 63.7 Å². The molecule has 0 aliphatic carbocycles. The summed E-state index contributed by atoms with van der Waals surface area (Å²) in [5, 5.41) is 32.6. The Labute approximate surface area is 262 Å². The fourth-order valence-corrected chi connectivity index (χ4v) is 5.48. The molecule has 4 rings (SSSR count). The van der Waals surface area contributed by atoms with Gasteiger partial charge in [-0.3, -0.25) is 9.69 Å². The van der Waals surface area contributed by atoms with Crippen LogP contribution in [-0.4, -0.2) is 72.1 Å². The van der Waals surface area contributed by atoms with Gasteiger partial charge in [-0.05, 0) is 65.5 Å². The van der Waals surface area contributed by atoms with Crippen molar-refractivity contribution < 1.29 is 24.9 Å². The molecule has 1 fully saturated rings. The van der Waals surface area contributed by atoms with Crippen molar-refractivity contribution in [2.45, 2.75) is 53.4 Å². The van der Waals surface area contributed by atoms with Crippen LogP contribution in [0, 0.1) is 0 Å². The summed E-state index contributed by atoms with van der Waals surface area (Å²) in [5.41, 5.74) is 5.33. The molecule has 0 aromatic heterocycles. The van der Waals surface area contributed by atoms with Crippen LogP contribution in [0.3, 0.4) is 0 Å². The lowest BCUT2D eigenvalue weighted by atomic mass is 10.1. The second kappa shape index (κ2) is 15.8. The van der Waals surface area contributed by atoms with E-state index in [-0.39, 0.29) is 42.1 Å². The summed E-state index contributed by atoms with van der Waals surface area (Å²) in [6.07, 6.45) is 10.5. The van der Waals surface area contributed by atoms with Gasteiger partial charge in [0.25, 0.3) is 5.91 Å². The molecule has 0 spiro atoms. The number of rotatable bonds is 11. The summed E-state index contributed by atoms with van der Waals surface area (Å²) in [6.45, 7) is 12.7. The summed E-state index contributed by atoms with van der Waals surface area (Å²) < 4.78 is 5.48. The standard InChI is InChI=1S/C34H45N3O5.ClH/c1-24(2)8-5-9-25(3)10-6-11-26(4)14-15-36-29-22-27(38)23-31(40)33(29)37(17-16-35-18-20-42-21-19-35)32-28(34(36)41)12-7-13-30(32)39;/h7-8,10,12-14,22-23,38-40H,5-6,9,11,15-21H2,1-4H3;1H. The molecule has 9 heteroatoms. The van der Waals surface area contributed by atoms with Crippen molar-refractivity contribution >= 4 is 35.4 Å². The first-order valence-electron chi connectivity index (χ1n) is 14.9. The number of carbonyl (C=O) groups is 1. The number of hydrogen-bond donors (Lipinski definition) is 3. The monoisotopic (exact) mass is 611 g/mol. The normalized spacial score (nSPS) is 15.9. The average molecular weight is 612 g/mol. The van der Waals surface area contributed by atoms with Gasteiger partial charge in [0.2, 0.25) is 0 Å². The van der Waals surface area contributed by atoms with E-state index in [4.69, 9.17) is 4.74 Å². The topological polar surface area (TPSA) is 96.7 Å². The Kier molecular flexibility index (Phi) is 12.5. The SMILES string of the molecule is CC(C)=CCCC(C)=CCCC(C)=CCN1C(=O)c2cccc(O)c2N(CCN2CCOCC2)c2c(O)cc(O)cc21.Cl. The summed E-state index contributed by atoms with van der Waals surface area (Å²) in [7, 11) is 0. The van der Waals surface area contributed by atoms with Gasteiger partial charge in [0.05, 0.1) is 30.2 Å². The molecule has 1 amide bonds. The Bertz CT molecular complexity index is 1360. The molecule has 0 saturated carbocycles. The molecule has 0 radical (unpaired) electrons. The van der Waals surface area contributed by atoms with Crippen LogP contribution in [0.2, 0.25) is 0 Å². The average Bonchev–Trinajstić information content (AvgIpc) is 3.04. The molecule has 2 aliphatic rings. The highest BCUT2D eigenvalue weighted by molar-refractivity contribution is 6.15. The number of aromatic hydroxyl groups is 3. The predicted molar refractivity (Wildman–Crippen MR) is 176 cm³/mol. The lowest BCUT2D eigenvalue weighted by molar-refractivity contribution is 0.0394. The fourth-order valence-electron chi connectivity index (χ4n) is 5.48. The number of para-hydroxylation sites is 1. The molecule has 0 atom stereocenters. The van der Waals surface area contributed by atoms with Gasteiger partial charge < -0.3 is 29.9 Å². The largest absolute Gasteiger partial charge is 0.508 e. The number of phenolic OH excluding ortho intramolecular Hbond substituents is 3. The number of anilines is 3. The number of carbonyl (C=O) groups excluding carboxylic acids is 1. The van der Waals surface area contributed by atoms with E-state index in [0.717, 1.165) is 44.3 Å². The summed E-state index contributed by atoms with van der Waals surface area (Å²) in [6, 6.07) is 7.71. The van der Waals surface area contributed by atoms with Crippen molar-refractivity contribution in [2.75, 3.05) is 55.7 Å². The third kappa shape index (κ3) is 8.78. The zero-order valence-electron chi connectivity index (χ0n) is 25.8. The lowest BCUT2D eigenvalue weighted by Gasteiger charge is -2.32. The van der Waals surface area contributed by atoms with Crippen LogP contribution in [0.25, 0.3) is 0 Å². The smallest absolute Gasteiger partial charge is 0.260 e. The zero-order chi connectivity index (χ0) is 30.2. The molecule has 3 N–H and O–H groups in total. The highest BCUT2D eigenvalue weighted by Crippen LogP contribution is 2.50. The van der Waals surface area contributed by atoms with Gasteiger partial charge in [-0.2, -0.15) is 0 Å². The van der Waals surface area contributed by atoms with E-state index in [2.05, 4.69) is 44.7 Å². The number of ether oxygens (including phenoxy) is 1. The maximum Gasteiger partial charge on any atom is 0.260 e. The zero-order valence-corrected chi connectivity index (χ0v) is 26.6. The molecule has 2 aromatic carbocycles.